The van der Waals surface area contributed by atoms with Crippen LogP contribution in [0, 0.1) is 11.7 Å². The zero-order valence-corrected chi connectivity index (χ0v) is 12.5. The van der Waals surface area contributed by atoms with Crippen molar-refractivity contribution in [2.75, 3.05) is 13.1 Å². The minimum absolute atomic E-state index is 0.206. The third-order valence-corrected chi connectivity index (χ3v) is 3.66. The van der Waals surface area contributed by atoms with Crippen LogP contribution < -0.4 is 5.73 Å². The van der Waals surface area contributed by atoms with Crippen LogP contribution in [0.4, 0.5) is 4.39 Å². The van der Waals surface area contributed by atoms with Gasteiger partial charge in [0, 0.05) is 6.54 Å². The molecule has 0 saturated carbocycles. The summed E-state index contributed by atoms with van der Waals surface area (Å²) in [6.45, 7) is 6.70. The van der Waals surface area contributed by atoms with E-state index in [9.17, 15) is 4.39 Å². The van der Waals surface area contributed by atoms with Crippen LogP contribution in [-0.4, -0.2) is 23.0 Å². The lowest BCUT2D eigenvalue weighted by atomic mass is 9.98. The lowest BCUT2D eigenvalue weighted by Crippen LogP contribution is -2.33. The first-order valence-corrected chi connectivity index (χ1v) is 7.22. The topological polar surface area (TPSA) is 55.3 Å². The summed E-state index contributed by atoms with van der Waals surface area (Å²) in [6.07, 6.45) is 2.89. The normalized spacial score (nSPS) is 14.3. The zero-order valence-electron chi connectivity index (χ0n) is 12.5. The summed E-state index contributed by atoms with van der Waals surface area (Å²) in [5.74, 6) is 0.807. The second kappa shape index (κ2) is 7.33. The van der Waals surface area contributed by atoms with Crippen molar-refractivity contribution in [2.45, 2.75) is 26.4 Å². The highest BCUT2D eigenvalue weighted by atomic mass is 19.1. The van der Waals surface area contributed by atoms with Crippen molar-refractivity contribution < 1.29 is 8.81 Å². The zero-order chi connectivity index (χ0) is 15.2. The molecule has 0 fully saturated rings. The minimum Gasteiger partial charge on any atom is -0.468 e. The number of nitrogens with zero attached hydrogens (tertiary/aromatic N) is 2. The summed E-state index contributed by atoms with van der Waals surface area (Å²) in [7, 11) is 0. The van der Waals surface area contributed by atoms with Gasteiger partial charge in [-0.25, -0.2) is 4.39 Å². The van der Waals surface area contributed by atoms with E-state index in [-0.39, 0.29) is 17.8 Å². The Labute approximate surface area is 124 Å². The molecule has 0 saturated heterocycles. The molecule has 0 aliphatic rings. The highest BCUT2D eigenvalue weighted by Crippen LogP contribution is 2.19. The first kappa shape index (κ1) is 15.7. The van der Waals surface area contributed by atoms with Crippen molar-refractivity contribution in [1.82, 2.24) is 9.88 Å². The maximum absolute atomic E-state index is 12.9. The fraction of sp³-hybridized carbons (Fsp3) is 0.438. The van der Waals surface area contributed by atoms with Crippen molar-refractivity contribution in [3.05, 3.63) is 54.0 Å². The van der Waals surface area contributed by atoms with Crippen LogP contribution in [0.2, 0.25) is 0 Å². The summed E-state index contributed by atoms with van der Waals surface area (Å²) in [5.41, 5.74) is 6.95. The van der Waals surface area contributed by atoms with Gasteiger partial charge in [0.15, 0.2) is 0 Å². The molecule has 0 aliphatic heterocycles. The van der Waals surface area contributed by atoms with Crippen LogP contribution in [-0.2, 0) is 6.54 Å². The molecule has 0 aliphatic carbocycles. The molecule has 2 heterocycles. The number of aromatic nitrogens is 1. The number of rotatable bonds is 7. The lowest BCUT2D eigenvalue weighted by Gasteiger charge is -2.27. The van der Waals surface area contributed by atoms with Crippen LogP contribution in [0.5, 0.6) is 0 Å². The average Bonchev–Trinajstić information content (AvgIpc) is 2.99. The molecule has 2 atom stereocenters. The third kappa shape index (κ3) is 4.37. The maximum Gasteiger partial charge on any atom is 0.141 e. The molecule has 2 N–H and O–H groups in total. The summed E-state index contributed by atoms with van der Waals surface area (Å²) >= 11 is 0. The van der Waals surface area contributed by atoms with Gasteiger partial charge in [-0.15, -0.1) is 0 Å². The van der Waals surface area contributed by atoms with Crippen LogP contribution in [0.1, 0.15) is 31.3 Å². The van der Waals surface area contributed by atoms with Gasteiger partial charge in [0.1, 0.15) is 11.6 Å². The molecule has 114 valence electrons. The first-order valence-electron chi connectivity index (χ1n) is 7.22. The van der Waals surface area contributed by atoms with E-state index in [2.05, 4.69) is 23.7 Å². The number of furan rings is 1. The molecule has 0 bridgehead atoms. The highest BCUT2D eigenvalue weighted by molar-refractivity contribution is 5.10. The number of nitrogens with two attached hydrogens (primary N) is 1. The molecule has 2 rings (SSSR count). The van der Waals surface area contributed by atoms with Gasteiger partial charge in [-0.3, -0.25) is 9.88 Å². The summed E-state index contributed by atoms with van der Waals surface area (Å²) < 4.78 is 18.3. The van der Waals surface area contributed by atoms with Gasteiger partial charge < -0.3 is 10.2 Å². The monoisotopic (exact) mass is 291 g/mol. The Morgan fingerprint density at radius 3 is 2.76 bits per heavy atom. The van der Waals surface area contributed by atoms with E-state index in [1.807, 2.05) is 12.1 Å². The van der Waals surface area contributed by atoms with Crippen LogP contribution in [0.3, 0.4) is 0 Å². The molecule has 2 unspecified atom stereocenters. The summed E-state index contributed by atoms with van der Waals surface area (Å²) in [5, 5.41) is 0. The largest absolute Gasteiger partial charge is 0.468 e. The number of pyridine rings is 1. The Hall–Kier alpha value is -1.72. The van der Waals surface area contributed by atoms with Gasteiger partial charge in [0.25, 0.3) is 0 Å². The SMILES string of the molecule is CCN(Cc1ccco1)CC(C)C(N)c1ccc(F)cn1. The predicted octanol–water partition coefficient (Wildman–Crippen LogP) is 2.97. The van der Waals surface area contributed by atoms with E-state index < -0.39 is 0 Å². The molecule has 0 aromatic carbocycles. The van der Waals surface area contributed by atoms with Gasteiger partial charge in [0.05, 0.1) is 30.7 Å². The standard InChI is InChI=1S/C16H22FN3O/c1-3-20(11-14-5-4-8-21-14)10-12(2)16(18)15-7-6-13(17)9-19-15/h4-9,12,16H,3,10-11,18H2,1-2H3. The molecule has 2 aromatic rings. The van der Waals surface area contributed by atoms with Gasteiger partial charge in [-0.2, -0.15) is 0 Å². The Balaban J connectivity index is 1.94. The molecule has 0 spiro atoms. The van der Waals surface area contributed by atoms with Gasteiger partial charge in [0.2, 0.25) is 0 Å². The Kier molecular flexibility index (Phi) is 5.47. The maximum atomic E-state index is 12.9. The van der Waals surface area contributed by atoms with E-state index >= 15 is 0 Å². The average molecular weight is 291 g/mol. The third-order valence-electron chi connectivity index (χ3n) is 3.66. The van der Waals surface area contributed by atoms with E-state index in [0.717, 1.165) is 31.1 Å². The van der Waals surface area contributed by atoms with E-state index in [1.165, 1.54) is 12.3 Å². The number of halogens is 1. The van der Waals surface area contributed by atoms with Crippen LogP contribution >= 0.6 is 0 Å². The molecule has 2 aromatic heterocycles. The number of hydrogen-bond acceptors (Lipinski definition) is 4. The van der Waals surface area contributed by atoms with E-state index in [1.54, 1.807) is 12.3 Å². The molecule has 4 nitrogen and oxygen atoms in total. The smallest absolute Gasteiger partial charge is 0.141 e. The van der Waals surface area contributed by atoms with E-state index in [4.69, 9.17) is 10.2 Å². The van der Waals surface area contributed by atoms with Crippen LogP contribution in [0.25, 0.3) is 0 Å². The minimum atomic E-state index is -0.341. The summed E-state index contributed by atoms with van der Waals surface area (Å²) in [4.78, 5) is 6.34. The number of hydrogen-bond donors (Lipinski definition) is 1. The quantitative estimate of drug-likeness (QED) is 0.852. The predicted molar refractivity (Wildman–Crippen MR) is 79.9 cm³/mol. The van der Waals surface area contributed by atoms with Crippen molar-refractivity contribution in [3.63, 3.8) is 0 Å². The Morgan fingerprint density at radius 1 is 1.38 bits per heavy atom. The molecule has 0 radical (unpaired) electrons. The second-order valence-electron chi connectivity index (χ2n) is 5.31. The molecule has 21 heavy (non-hydrogen) atoms. The van der Waals surface area contributed by atoms with Crippen molar-refractivity contribution in [1.29, 1.82) is 0 Å². The molecule has 5 heteroatoms. The molecule has 0 amide bonds. The summed E-state index contributed by atoms with van der Waals surface area (Å²) in [6, 6.07) is 6.70. The second-order valence-corrected chi connectivity index (χ2v) is 5.31. The molecular formula is C16H22FN3O. The fourth-order valence-corrected chi connectivity index (χ4v) is 2.33. The van der Waals surface area contributed by atoms with Gasteiger partial charge >= 0.3 is 0 Å². The Bertz CT molecular complexity index is 527. The van der Waals surface area contributed by atoms with Crippen LogP contribution in [0.15, 0.2) is 41.1 Å². The fourth-order valence-electron chi connectivity index (χ4n) is 2.33. The van der Waals surface area contributed by atoms with Crippen molar-refractivity contribution in [2.24, 2.45) is 11.7 Å². The van der Waals surface area contributed by atoms with E-state index in [0.29, 0.717) is 0 Å². The van der Waals surface area contributed by atoms with Crippen molar-refractivity contribution >= 4 is 0 Å². The first-order chi connectivity index (χ1) is 10.1. The molecular weight excluding hydrogens is 269 g/mol. The lowest BCUT2D eigenvalue weighted by molar-refractivity contribution is 0.208. The van der Waals surface area contributed by atoms with Gasteiger partial charge in [-0.05, 0) is 36.7 Å². The van der Waals surface area contributed by atoms with Crippen molar-refractivity contribution in [3.8, 4) is 0 Å². The van der Waals surface area contributed by atoms with Gasteiger partial charge in [-0.1, -0.05) is 13.8 Å². The highest BCUT2D eigenvalue weighted by Gasteiger charge is 2.19. The Morgan fingerprint density at radius 2 is 2.19 bits per heavy atom.